The van der Waals surface area contributed by atoms with E-state index >= 15 is 0 Å². The molecule has 2 N–H and O–H groups in total. The minimum Gasteiger partial charge on any atom is -0.384 e. The summed E-state index contributed by atoms with van der Waals surface area (Å²) in [5, 5.41) is 0. The van der Waals surface area contributed by atoms with Crippen molar-refractivity contribution in [2.75, 3.05) is 32.6 Å². The molecule has 0 spiro atoms. The summed E-state index contributed by atoms with van der Waals surface area (Å²) in [5.74, 6) is 0.0518. The Morgan fingerprint density at radius 3 is 2.64 bits per heavy atom. The summed E-state index contributed by atoms with van der Waals surface area (Å²) in [4.78, 5) is 0. The third-order valence-electron chi connectivity index (χ3n) is 2.13. The minimum absolute atomic E-state index is 0. The van der Waals surface area contributed by atoms with Gasteiger partial charge in [-0.1, -0.05) is 0 Å². The van der Waals surface area contributed by atoms with Crippen LogP contribution < -0.4 is 5.73 Å². The molecule has 0 unspecified atom stereocenters. The molecule has 0 bridgehead atoms. The fourth-order valence-corrected chi connectivity index (χ4v) is 2.76. The molecule has 0 saturated carbocycles. The zero-order chi connectivity index (χ0) is 9.90. The van der Waals surface area contributed by atoms with Gasteiger partial charge in [-0.15, -0.1) is 12.4 Å². The van der Waals surface area contributed by atoms with Crippen LogP contribution in [0.4, 0.5) is 0 Å². The Balaban J connectivity index is 0.00000169. The lowest BCUT2D eigenvalue weighted by atomic mass is 10.3. The first-order valence-electron chi connectivity index (χ1n) is 4.28. The van der Waals surface area contributed by atoms with E-state index in [2.05, 4.69) is 0 Å². The van der Waals surface area contributed by atoms with Crippen LogP contribution in [0.1, 0.15) is 6.42 Å². The third-order valence-corrected chi connectivity index (χ3v) is 3.93. The number of nitrogens with two attached hydrogens (primary N) is 1. The van der Waals surface area contributed by atoms with Gasteiger partial charge in [0.25, 0.3) is 0 Å². The fourth-order valence-electron chi connectivity index (χ4n) is 1.32. The van der Waals surface area contributed by atoms with Gasteiger partial charge in [0.1, 0.15) is 0 Å². The Morgan fingerprint density at radius 2 is 2.21 bits per heavy atom. The summed E-state index contributed by atoms with van der Waals surface area (Å²) in [6.07, 6.45) is 0.756. The molecule has 1 fully saturated rings. The molecule has 1 aliphatic rings. The quantitative estimate of drug-likeness (QED) is 0.718. The Hall–Kier alpha value is 0.120. The summed E-state index contributed by atoms with van der Waals surface area (Å²) in [5.41, 5.74) is 5.61. The first-order chi connectivity index (χ1) is 6.06. The molecule has 1 atom stereocenters. The maximum atomic E-state index is 11.5. The van der Waals surface area contributed by atoms with Crippen molar-refractivity contribution in [1.29, 1.82) is 0 Å². The van der Waals surface area contributed by atoms with Crippen molar-refractivity contribution >= 4 is 22.4 Å². The van der Waals surface area contributed by atoms with Crippen molar-refractivity contribution in [2.24, 2.45) is 5.73 Å². The van der Waals surface area contributed by atoms with Crippen molar-refractivity contribution in [1.82, 2.24) is 4.31 Å². The fraction of sp³-hybridized carbons (Fsp3) is 1.00. The zero-order valence-corrected chi connectivity index (χ0v) is 9.81. The predicted octanol–water partition coefficient (Wildman–Crippen LogP) is -0.583. The van der Waals surface area contributed by atoms with Gasteiger partial charge in [-0.3, -0.25) is 0 Å². The second-order valence-corrected chi connectivity index (χ2v) is 5.30. The first-order valence-corrected chi connectivity index (χ1v) is 5.89. The lowest BCUT2D eigenvalue weighted by Crippen LogP contribution is -2.34. The summed E-state index contributed by atoms with van der Waals surface area (Å²) >= 11 is 0. The second-order valence-electron chi connectivity index (χ2n) is 3.22. The molecule has 5 nitrogen and oxygen atoms in total. The summed E-state index contributed by atoms with van der Waals surface area (Å²) < 4.78 is 29.2. The van der Waals surface area contributed by atoms with E-state index in [-0.39, 0.29) is 30.8 Å². The number of methoxy groups -OCH3 is 1. The van der Waals surface area contributed by atoms with E-state index in [4.69, 9.17) is 10.5 Å². The third kappa shape index (κ3) is 3.70. The molecule has 7 heteroatoms. The summed E-state index contributed by atoms with van der Waals surface area (Å²) in [7, 11) is -1.64. The van der Waals surface area contributed by atoms with Gasteiger partial charge in [-0.25, -0.2) is 12.7 Å². The molecular formula is C7H17ClN2O3S. The maximum absolute atomic E-state index is 11.5. The SMILES string of the molecule is COCCS(=O)(=O)N1CC[C@H](N)C1.Cl. The Bertz CT molecular complexity index is 258. The van der Waals surface area contributed by atoms with Crippen molar-refractivity contribution in [3.05, 3.63) is 0 Å². The lowest BCUT2D eigenvalue weighted by molar-refractivity contribution is 0.215. The topological polar surface area (TPSA) is 72.6 Å². The summed E-state index contributed by atoms with van der Waals surface area (Å²) in [6.45, 7) is 1.24. The monoisotopic (exact) mass is 244 g/mol. The van der Waals surface area contributed by atoms with Crippen molar-refractivity contribution in [3.63, 3.8) is 0 Å². The largest absolute Gasteiger partial charge is 0.384 e. The van der Waals surface area contributed by atoms with Crippen molar-refractivity contribution in [2.45, 2.75) is 12.5 Å². The second kappa shape index (κ2) is 5.87. The molecule has 1 rings (SSSR count). The van der Waals surface area contributed by atoms with Crippen LogP contribution in [0.3, 0.4) is 0 Å². The van der Waals surface area contributed by atoms with Gasteiger partial charge in [0.15, 0.2) is 0 Å². The van der Waals surface area contributed by atoms with Gasteiger partial charge in [0.05, 0.1) is 12.4 Å². The van der Waals surface area contributed by atoms with E-state index in [0.717, 1.165) is 6.42 Å². The van der Waals surface area contributed by atoms with E-state index in [1.54, 1.807) is 0 Å². The van der Waals surface area contributed by atoms with Gasteiger partial charge in [0, 0.05) is 26.2 Å². The zero-order valence-electron chi connectivity index (χ0n) is 8.18. The molecule has 0 aliphatic carbocycles. The van der Waals surface area contributed by atoms with Crippen LogP contribution in [0, 0.1) is 0 Å². The molecule has 14 heavy (non-hydrogen) atoms. The number of sulfonamides is 1. The van der Waals surface area contributed by atoms with Crippen molar-refractivity contribution in [3.8, 4) is 0 Å². The maximum Gasteiger partial charge on any atom is 0.216 e. The molecule has 0 amide bonds. The van der Waals surface area contributed by atoms with Crippen molar-refractivity contribution < 1.29 is 13.2 Å². The molecule has 0 aromatic rings. The molecule has 1 saturated heterocycles. The van der Waals surface area contributed by atoms with Gasteiger partial charge in [0.2, 0.25) is 10.0 Å². The molecule has 0 aromatic carbocycles. The minimum atomic E-state index is -3.13. The van der Waals surface area contributed by atoms with Crippen LogP contribution in [-0.2, 0) is 14.8 Å². The molecule has 0 radical (unpaired) electrons. The molecule has 86 valence electrons. The Kier molecular flexibility index (Phi) is 5.92. The van der Waals surface area contributed by atoms with E-state index in [1.807, 2.05) is 0 Å². The van der Waals surface area contributed by atoms with Crippen LogP contribution in [0.15, 0.2) is 0 Å². The molecule has 1 heterocycles. The number of hydrogen-bond donors (Lipinski definition) is 1. The standard InChI is InChI=1S/C7H16N2O3S.ClH/c1-12-4-5-13(10,11)9-3-2-7(8)6-9;/h7H,2-6,8H2,1H3;1H/t7-;/m0./s1. The number of rotatable bonds is 4. The average Bonchev–Trinajstić information content (AvgIpc) is 2.49. The summed E-state index contributed by atoms with van der Waals surface area (Å²) in [6, 6.07) is -0.00248. The first kappa shape index (κ1) is 14.1. The van der Waals surface area contributed by atoms with Crippen LogP contribution in [0.25, 0.3) is 0 Å². The highest BCUT2D eigenvalue weighted by Crippen LogP contribution is 2.12. The highest BCUT2D eigenvalue weighted by atomic mass is 35.5. The van der Waals surface area contributed by atoms with Crippen LogP contribution >= 0.6 is 12.4 Å². The van der Waals surface area contributed by atoms with Crippen LogP contribution in [0.5, 0.6) is 0 Å². The average molecular weight is 245 g/mol. The van der Waals surface area contributed by atoms with Gasteiger partial charge in [-0.05, 0) is 6.42 Å². The molecular weight excluding hydrogens is 228 g/mol. The number of hydrogen-bond acceptors (Lipinski definition) is 4. The number of nitrogens with zero attached hydrogens (tertiary/aromatic N) is 1. The van der Waals surface area contributed by atoms with Crippen LogP contribution in [0.2, 0.25) is 0 Å². The lowest BCUT2D eigenvalue weighted by Gasteiger charge is -2.15. The van der Waals surface area contributed by atoms with Crippen LogP contribution in [-0.4, -0.2) is 51.3 Å². The smallest absolute Gasteiger partial charge is 0.216 e. The van der Waals surface area contributed by atoms with E-state index < -0.39 is 10.0 Å². The molecule has 0 aromatic heterocycles. The van der Waals surface area contributed by atoms with E-state index in [9.17, 15) is 8.42 Å². The molecule has 1 aliphatic heterocycles. The predicted molar refractivity (Wildman–Crippen MR) is 57.1 cm³/mol. The van der Waals surface area contributed by atoms with E-state index in [0.29, 0.717) is 13.1 Å². The van der Waals surface area contributed by atoms with Gasteiger partial charge in [-0.2, -0.15) is 0 Å². The van der Waals surface area contributed by atoms with Gasteiger partial charge < -0.3 is 10.5 Å². The highest BCUT2D eigenvalue weighted by molar-refractivity contribution is 7.89. The Labute approximate surface area is 91.1 Å². The Morgan fingerprint density at radius 1 is 1.57 bits per heavy atom. The normalized spacial score (nSPS) is 23.4. The highest BCUT2D eigenvalue weighted by Gasteiger charge is 2.28. The number of halogens is 1. The number of ether oxygens (including phenoxy) is 1. The van der Waals surface area contributed by atoms with Gasteiger partial charge >= 0.3 is 0 Å². The van der Waals surface area contributed by atoms with E-state index in [1.165, 1.54) is 11.4 Å².